The minimum atomic E-state index is -0.181. The number of hydrogen-bond donors (Lipinski definition) is 0. The molecule has 0 aliphatic carbocycles. The summed E-state index contributed by atoms with van der Waals surface area (Å²) >= 11 is -0.181. The number of benzene rings is 3. The molecule has 6 rings (SSSR count). The van der Waals surface area contributed by atoms with Crippen molar-refractivity contribution in [2.45, 2.75) is 86.0 Å². The van der Waals surface area contributed by atoms with Crippen LogP contribution in [0.1, 0.15) is 95.8 Å². The topological polar surface area (TPSA) is 34.2 Å². The molecule has 63 heavy (non-hydrogen) atoms. The van der Waals surface area contributed by atoms with Gasteiger partial charge < -0.3 is 24.0 Å². The van der Waals surface area contributed by atoms with Gasteiger partial charge in [0.05, 0.1) is 7.85 Å². The molecule has 3 aromatic carbocycles. The standard InChI is InChI=1S/2C9H12N.C7H7.3C4H7O.C4H10.2C3H9P.C2H6BP.2ClH.3Cr/c2*1-8-6-4-5-7-9(8)10(2)3;1-7-5-3-2-4-6-7;3*1-2-4-5-3-1;3*1-3-4-2;1-4-2-3;;;;;/h2*4-7H,1H2,2-3H3;3-6H,1H3;3*3H,1-2,4H2;3-4H2,1-2H3;2*4H,3H2,1-2H3;4H,2H2,1H3;2*1H;;;/q6*-1;;;;;;;3*+2/p-2. The minimum absolute atomic E-state index is 0. The van der Waals surface area contributed by atoms with E-state index in [1.54, 1.807) is 0 Å². The second-order valence-electron chi connectivity index (χ2n) is 13.2. The maximum absolute atomic E-state index is 5.04. The summed E-state index contributed by atoms with van der Waals surface area (Å²) in [4.78, 5) is 4.12. The third kappa shape index (κ3) is 69.1. The van der Waals surface area contributed by atoms with E-state index in [4.69, 9.17) is 42.2 Å². The molecule has 3 fully saturated rings. The van der Waals surface area contributed by atoms with E-state index in [-0.39, 0.29) is 48.1 Å². The molecule has 0 amide bonds. The van der Waals surface area contributed by atoms with Gasteiger partial charge in [-0.1, -0.05) is 108 Å². The molecule has 0 saturated carbocycles. The molecular formula is C49H86BCl2Cr3N2O3P3-2. The molecule has 2 radical (unpaired) electrons. The van der Waals surface area contributed by atoms with Crippen LogP contribution in [0.3, 0.4) is 0 Å². The molecule has 3 unspecified atom stereocenters. The smallest absolute Gasteiger partial charge is 2.00 e. The molecule has 0 aromatic heterocycles. The van der Waals surface area contributed by atoms with Crippen LogP contribution in [0.5, 0.6) is 0 Å². The molecule has 3 aliphatic heterocycles. The van der Waals surface area contributed by atoms with Crippen LogP contribution in [0.4, 0.5) is 11.4 Å². The minimum Gasteiger partial charge on any atom is 2.00 e. The largest absolute Gasteiger partial charge is 2.00 e. The second-order valence-corrected chi connectivity index (χ2v) is 19.2. The van der Waals surface area contributed by atoms with Crippen molar-refractivity contribution < 1.29 is 62.3 Å². The van der Waals surface area contributed by atoms with E-state index in [1.807, 2.05) is 109 Å². The second kappa shape index (κ2) is 69.0. The number of hydrogen-bond acceptors (Lipinski definition) is 5. The zero-order chi connectivity index (χ0) is 47.2. The van der Waals surface area contributed by atoms with Gasteiger partial charge in [0.15, 0.2) is 0 Å². The van der Waals surface area contributed by atoms with Crippen molar-refractivity contribution in [3.63, 3.8) is 0 Å². The van der Waals surface area contributed by atoms with Gasteiger partial charge in [0.2, 0.25) is 0 Å². The maximum Gasteiger partial charge on any atom is 2.00 e. The number of nitrogens with zero attached hydrogens (tertiary/aromatic N) is 2. The molecule has 0 spiro atoms. The number of para-hydroxylation sites is 2. The Morgan fingerprint density at radius 1 is 0.635 bits per heavy atom. The maximum atomic E-state index is 5.04. The summed E-state index contributed by atoms with van der Waals surface area (Å²) in [5.41, 5.74) is 5.81. The van der Waals surface area contributed by atoms with Crippen molar-refractivity contribution >= 4 is 65.1 Å². The first-order valence-electron chi connectivity index (χ1n) is 21.3. The van der Waals surface area contributed by atoms with Gasteiger partial charge in [-0.05, 0) is 60.5 Å². The Morgan fingerprint density at radius 2 is 0.921 bits per heavy atom. The van der Waals surface area contributed by atoms with Crippen LogP contribution in [0.25, 0.3) is 0 Å². The Balaban J connectivity index is -0.000000112. The van der Waals surface area contributed by atoms with Crippen LogP contribution in [0.2, 0.25) is 0 Å². The Hall–Kier alpha value is 0.412. The molecule has 3 atom stereocenters. The average Bonchev–Trinajstić information content (AvgIpc) is 4.14. The fourth-order valence-corrected chi connectivity index (χ4v) is 3.61. The van der Waals surface area contributed by atoms with E-state index < -0.39 is 0 Å². The number of halogens is 2. The first-order valence-corrected chi connectivity index (χ1v) is 30.0. The summed E-state index contributed by atoms with van der Waals surface area (Å²) in [5.74, 6) is 0. The zero-order valence-electron chi connectivity index (χ0n) is 41.2. The molecule has 0 N–H and O–H groups in total. The summed E-state index contributed by atoms with van der Waals surface area (Å²) in [6.45, 7) is 33.5. The predicted molar refractivity (Wildman–Crippen MR) is 286 cm³/mol. The quantitative estimate of drug-likeness (QED) is 0.140. The van der Waals surface area contributed by atoms with Crippen molar-refractivity contribution in [2.75, 3.05) is 96.2 Å². The molecule has 5 nitrogen and oxygen atoms in total. The predicted octanol–water partition coefficient (Wildman–Crippen LogP) is 14.8. The third-order valence-electron chi connectivity index (χ3n) is 7.35. The summed E-state index contributed by atoms with van der Waals surface area (Å²) in [7, 11) is 26.0. The number of ether oxygens (including phenoxy) is 3. The summed E-state index contributed by atoms with van der Waals surface area (Å²) in [6, 6.07) is 27.8. The van der Waals surface area contributed by atoms with E-state index in [1.165, 1.54) is 61.4 Å². The monoisotopic (exact) mass is 1080 g/mol. The van der Waals surface area contributed by atoms with Gasteiger partial charge in [-0.25, -0.2) is 19.8 Å². The van der Waals surface area contributed by atoms with Crippen LogP contribution >= 0.6 is 45.8 Å². The molecule has 3 heterocycles. The Kier molecular flexibility index (Phi) is 85.0. The van der Waals surface area contributed by atoms with Crippen LogP contribution < -0.4 is 9.80 Å². The van der Waals surface area contributed by atoms with Crippen LogP contribution in [0, 0.1) is 46.7 Å². The van der Waals surface area contributed by atoms with E-state index in [0.717, 1.165) is 82.0 Å². The van der Waals surface area contributed by atoms with Crippen molar-refractivity contribution in [2.24, 2.45) is 0 Å². The number of rotatable bonds is 6. The first kappa shape index (κ1) is 77.6. The Labute approximate surface area is 435 Å². The molecule has 14 heteroatoms. The van der Waals surface area contributed by atoms with E-state index in [9.17, 15) is 0 Å². The van der Waals surface area contributed by atoms with Crippen LogP contribution in [-0.4, -0.2) is 94.2 Å². The van der Waals surface area contributed by atoms with Crippen molar-refractivity contribution in [3.05, 3.63) is 129 Å². The number of anilines is 2. The fourth-order valence-electron chi connectivity index (χ4n) is 3.61. The van der Waals surface area contributed by atoms with Crippen molar-refractivity contribution in [1.29, 1.82) is 0 Å². The van der Waals surface area contributed by atoms with Gasteiger partial charge in [-0.3, -0.25) is 0 Å². The Bertz CT molecular complexity index is 1090. The van der Waals surface area contributed by atoms with E-state index in [0.29, 0.717) is 0 Å². The van der Waals surface area contributed by atoms with Crippen LogP contribution in [-0.2, 0) is 62.3 Å². The van der Waals surface area contributed by atoms with Gasteiger partial charge in [-0.2, -0.15) is 92.3 Å². The number of unbranched alkanes of at least 4 members (excludes halogenated alkanes) is 1. The number of aryl methyl sites for hydroxylation is 1. The average molecular weight is 1080 g/mol. The SMILES string of the molecule is CCCC.CCPC.CCPC.Cc1cc[c-]cc1.[B]CPC.[CH-]1CCCO1.[CH-]1CCCO1.[CH-]1CCCO1.[CH2-]c1ccccc1N(C)C.[CH2-]c1ccccc1N(C)C.[Cl][Cr][Cl].[Cr+2].[Cr+2]. The summed E-state index contributed by atoms with van der Waals surface area (Å²) in [5, 5.41) is 0. The van der Waals surface area contributed by atoms with E-state index >= 15 is 0 Å². The van der Waals surface area contributed by atoms with Gasteiger partial charge in [-0.15, -0.1) is 37.9 Å². The normalized spacial score (nSPS) is 12.4. The zero-order valence-corrected chi connectivity index (χ0v) is 49.5. The van der Waals surface area contributed by atoms with Crippen molar-refractivity contribution in [3.8, 4) is 0 Å². The van der Waals surface area contributed by atoms with Gasteiger partial charge >= 0.3 is 68.2 Å². The van der Waals surface area contributed by atoms with E-state index in [2.05, 4.69) is 96.5 Å². The molecule has 3 aromatic rings. The van der Waals surface area contributed by atoms with Gasteiger partial charge in [0.25, 0.3) is 0 Å². The Morgan fingerprint density at radius 3 is 1.03 bits per heavy atom. The van der Waals surface area contributed by atoms with Crippen LogP contribution in [0.15, 0.2) is 72.8 Å². The third-order valence-corrected chi connectivity index (χ3v) is 9.17. The van der Waals surface area contributed by atoms with Gasteiger partial charge in [0, 0.05) is 19.8 Å². The molecular weight excluding hydrogens is 995 g/mol. The molecule has 0 bridgehead atoms. The summed E-state index contributed by atoms with van der Waals surface area (Å²) < 4.78 is 14.5. The van der Waals surface area contributed by atoms with Gasteiger partial charge in [0.1, 0.15) is 0 Å². The molecule has 362 valence electrons. The first-order chi connectivity index (χ1) is 29.4. The van der Waals surface area contributed by atoms with Crippen molar-refractivity contribution in [1.82, 2.24) is 0 Å². The fraction of sp³-hybridized carbons (Fsp3) is 0.531. The summed E-state index contributed by atoms with van der Waals surface area (Å²) in [6.07, 6.45) is 12.5. The molecule has 3 aliphatic rings. The molecule has 3 saturated heterocycles.